The summed E-state index contributed by atoms with van der Waals surface area (Å²) in [5.74, 6) is 1.35. The van der Waals surface area contributed by atoms with E-state index >= 15 is 0 Å². The van der Waals surface area contributed by atoms with Gasteiger partial charge < -0.3 is 10.6 Å². The number of hydrogen-bond acceptors (Lipinski definition) is 5. The molecule has 0 radical (unpaired) electrons. The first-order chi connectivity index (χ1) is 10.3. The van der Waals surface area contributed by atoms with E-state index in [0.29, 0.717) is 11.9 Å². The monoisotopic (exact) mass is 296 g/mol. The molecule has 1 aliphatic rings. The number of anilines is 2. The lowest BCUT2D eigenvalue weighted by atomic mass is 10.3. The number of nitrogens with two attached hydrogens (primary N) is 1. The molecule has 4 nitrogen and oxygen atoms in total. The number of thiophene rings is 1. The van der Waals surface area contributed by atoms with Crippen molar-refractivity contribution in [1.29, 1.82) is 0 Å². The van der Waals surface area contributed by atoms with Crippen LogP contribution >= 0.6 is 11.3 Å². The quantitative estimate of drug-likeness (QED) is 0.801. The maximum Gasteiger partial charge on any atom is 0.172 e. The summed E-state index contributed by atoms with van der Waals surface area (Å²) in [6.45, 7) is 0.861. The maximum atomic E-state index is 6.17. The zero-order valence-corrected chi connectivity index (χ0v) is 12.4. The summed E-state index contributed by atoms with van der Waals surface area (Å²) >= 11 is 1.77. The number of rotatable bonds is 4. The van der Waals surface area contributed by atoms with E-state index in [1.165, 1.54) is 17.7 Å². The first-order valence-corrected chi connectivity index (χ1v) is 8.00. The molecule has 5 heteroatoms. The van der Waals surface area contributed by atoms with Crippen molar-refractivity contribution in [3.8, 4) is 0 Å². The van der Waals surface area contributed by atoms with Crippen LogP contribution in [0.2, 0.25) is 0 Å². The summed E-state index contributed by atoms with van der Waals surface area (Å²) in [6.07, 6.45) is 2.42. The average molecular weight is 296 g/mol. The Labute approximate surface area is 127 Å². The standard InChI is InChI=1S/C16H16N4S/c17-15-16(19-14-6-2-1-5-13(14)18-15)20(11-7-8-11)10-12-4-3-9-21-12/h1-6,9,11H,7-8,10H2,(H2,17,18). The Morgan fingerprint density at radius 3 is 2.52 bits per heavy atom. The van der Waals surface area contributed by atoms with E-state index in [0.717, 1.165) is 23.4 Å². The lowest BCUT2D eigenvalue weighted by molar-refractivity contribution is 0.788. The molecule has 1 fully saturated rings. The molecule has 0 atom stereocenters. The first-order valence-electron chi connectivity index (χ1n) is 7.12. The molecule has 1 aliphatic carbocycles. The summed E-state index contributed by atoms with van der Waals surface area (Å²) in [7, 11) is 0. The van der Waals surface area contributed by atoms with Gasteiger partial charge in [-0.2, -0.15) is 0 Å². The van der Waals surface area contributed by atoms with Crippen molar-refractivity contribution in [2.45, 2.75) is 25.4 Å². The highest BCUT2D eigenvalue weighted by atomic mass is 32.1. The Morgan fingerprint density at radius 2 is 1.86 bits per heavy atom. The SMILES string of the molecule is Nc1nc2ccccc2nc1N(Cc1cccs1)C1CC1. The second-order valence-electron chi connectivity index (χ2n) is 5.36. The molecule has 1 aromatic carbocycles. The number of fused-ring (bicyclic) bond motifs is 1. The van der Waals surface area contributed by atoms with E-state index in [9.17, 15) is 0 Å². The van der Waals surface area contributed by atoms with Crippen molar-refractivity contribution in [3.63, 3.8) is 0 Å². The van der Waals surface area contributed by atoms with Gasteiger partial charge in [0.15, 0.2) is 11.6 Å². The van der Waals surface area contributed by atoms with E-state index in [1.54, 1.807) is 11.3 Å². The maximum absolute atomic E-state index is 6.17. The minimum Gasteiger partial charge on any atom is -0.381 e. The summed E-state index contributed by atoms with van der Waals surface area (Å²) < 4.78 is 0. The van der Waals surface area contributed by atoms with Gasteiger partial charge in [-0.25, -0.2) is 9.97 Å². The number of nitrogen functional groups attached to an aromatic ring is 1. The predicted molar refractivity (Wildman–Crippen MR) is 87.5 cm³/mol. The fourth-order valence-electron chi connectivity index (χ4n) is 2.55. The summed E-state index contributed by atoms with van der Waals surface area (Å²) in [5.41, 5.74) is 7.92. The molecule has 0 bridgehead atoms. The van der Waals surface area contributed by atoms with Crippen molar-refractivity contribution >= 4 is 34.0 Å². The predicted octanol–water partition coefficient (Wildman–Crippen LogP) is 3.44. The van der Waals surface area contributed by atoms with Crippen LogP contribution in [0.4, 0.5) is 11.6 Å². The lowest BCUT2D eigenvalue weighted by Crippen LogP contribution is -2.27. The minimum atomic E-state index is 0.525. The first kappa shape index (κ1) is 12.6. The number of benzene rings is 1. The van der Waals surface area contributed by atoms with Crippen molar-refractivity contribution in [2.75, 3.05) is 10.6 Å². The number of nitrogens with zero attached hydrogens (tertiary/aromatic N) is 3. The largest absolute Gasteiger partial charge is 0.381 e. The molecular formula is C16H16N4S. The van der Waals surface area contributed by atoms with Gasteiger partial charge in [0.05, 0.1) is 17.6 Å². The summed E-state index contributed by atoms with van der Waals surface area (Å²) in [4.78, 5) is 12.9. The van der Waals surface area contributed by atoms with Crippen molar-refractivity contribution < 1.29 is 0 Å². The van der Waals surface area contributed by atoms with E-state index in [4.69, 9.17) is 10.7 Å². The van der Waals surface area contributed by atoms with Gasteiger partial charge in [-0.1, -0.05) is 18.2 Å². The molecule has 0 aliphatic heterocycles. The van der Waals surface area contributed by atoms with Gasteiger partial charge in [0.2, 0.25) is 0 Å². The molecule has 0 amide bonds. The highest BCUT2D eigenvalue weighted by molar-refractivity contribution is 7.09. The molecule has 0 unspecified atom stereocenters. The van der Waals surface area contributed by atoms with Gasteiger partial charge in [0.1, 0.15) is 0 Å². The fourth-order valence-corrected chi connectivity index (χ4v) is 3.25. The second kappa shape index (κ2) is 5.00. The molecule has 0 spiro atoms. The highest BCUT2D eigenvalue weighted by Crippen LogP contribution is 2.35. The van der Waals surface area contributed by atoms with Crippen LogP contribution < -0.4 is 10.6 Å². The van der Waals surface area contributed by atoms with Gasteiger partial charge >= 0.3 is 0 Å². The molecule has 4 rings (SSSR count). The van der Waals surface area contributed by atoms with Crippen LogP contribution in [0.15, 0.2) is 41.8 Å². The van der Waals surface area contributed by atoms with Crippen molar-refractivity contribution in [3.05, 3.63) is 46.7 Å². The molecule has 21 heavy (non-hydrogen) atoms. The number of hydrogen-bond donors (Lipinski definition) is 1. The molecule has 2 heterocycles. The van der Waals surface area contributed by atoms with E-state index in [1.807, 2.05) is 24.3 Å². The third kappa shape index (κ3) is 2.45. The Kier molecular flexibility index (Phi) is 3.00. The summed E-state index contributed by atoms with van der Waals surface area (Å²) in [5, 5.41) is 2.11. The summed E-state index contributed by atoms with van der Waals surface area (Å²) in [6, 6.07) is 12.7. The average Bonchev–Trinajstić information content (AvgIpc) is 3.21. The lowest BCUT2D eigenvalue weighted by Gasteiger charge is -2.24. The zero-order chi connectivity index (χ0) is 14.2. The normalized spacial score (nSPS) is 14.5. The van der Waals surface area contributed by atoms with Gasteiger partial charge in [-0.15, -0.1) is 11.3 Å². The third-order valence-electron chi connectivity index (χ3n) is 3.74. The Morgan fingerprint density at radius 1 is 1.10 bits per heavy atom. The molecule has 1 saturated carbocycles. The molecule has 106 valence electrons. The van der Waals surface area contributed by atoms with Gasteiger partial charge in [-0.05, 0) is 36.4 Å². The van der Waals surface area contributed by atoms with Crippen molar-refractivity contribution in [1.82, 2.24) is 9.97 Å². The topological polar surface area (TPSA) is 55.0 Å². The molecule has 3 aromatic rings. The Balaban J connectivity index is 1.76. The smallest absolute Gasteiger partial charge is 0.172 e. The highest BCUT2D eigenvalue weighted by Gasteiger charge is 2.32. The van der Waals surface area contributed by atoms with Gasteiger partial charge in [0.25, 0.3) is 0 Å². The van der Waals surface area contributed by atoms with E-state index in [-0.39, 0.29) is 0 Å². The molecule has 0 saturated heterocycles. The van der Waals surface area contributed by atoms with Crippen LogP contribution in [0.25, 0.3) is 11.0 Å². The van der Waals surface area contributed by atoms with Gasteiger partial charge in [-0.3, -0.25) is 0 Å². The van der Waals surface area contributed by atoms with E-state index < -0.39 is 0 Å². The Hall–Kier alpha value is -2.14. The van der Waals surface area contributed by atoms with Crippen LogP contribution in [-0.2, 0) is 6.54 Å². The van der Waals surface area contributed by atoms with E-state index in [2.05, 4.69) is 27.4 Å². The van der Waals surface area contributed by atoms with Crippen molar-refractivity contribution in [2.24, 2.45) is 0 Å². The van der Waals surface area contributed by atoms with Crippen LogP contribution in [0.1, 0.15) is 17.7 Å². The number of para-hydroxylation sites is 2. The third-order valence-corrected chi connectivity index (χ3v) is 4.61. The van der Waals surface area contributed by atoms with Crippen LogP contribution in [0.5, 0.6) is 0 Å². The molecule has 2 N–H and O–H groups in total. The minimum absolute atomic E-state index is 0.525. The van der Waals surface area contributed by atoms with Crippen LogP contribution in [0, 0.1) is 0 Å². The van der Waals surface area contributed by atoms with Gasteiger partial charge in [0, 0.05) is 10.9 Å². The fraction of sp³-hybridized carbons (Fsp3) is 0.250. The second-order valence-corrected chi connectivity index (χ2v) is 6.39. The van der Waals surface area contributed by atoms with Crippen LogP contribution in [-0.4, -0.2) is 16.0 Å². The Bertz CT molecular complexity index is 765. The number of aromatic nitrogens is 2. The van der Waals surface area contributed by atoms with Crippen LogP contribution in [0.3, 0.4) is 0 Å². The zero-order valence-electron chi connectivity index (χ0n) is 11.6. The molecular weight excluding hydrogens is 280 g/mol. The molecule has 2 aromatic heterocycles.